The summed E-state index contributed by atoms with van der Waals surface area (Å²) in [6.45, 7) is 7.29. The van der Waals surface area contributed by atoms with Crippen LogP contribution in [0.5, 0.6) is 5.75 Å². The van der Waals surface area contributed by atoms with E-state index in [0.717, 1.165) is 55.4 Å². The summed E-state index contributed by atoms with van der Waals surface area (Å²) in [6, 6.07) is 7.28. The Morgan fingerprint density at radius 2 is 1.86 bits per heavy atom. The van der Waals surface area contributed by atoms with Gasteiger partial charge in [0.05, 0.1) is 5.69 Å². The Balaban J connectivity index is 1.53. The van der Waals surface area contributed by atoms with E-state index in [1.165, 1.54) is 12.8 Å². The van der Waals surface area contributed by atoms with Gasteiger partial charge in [0.1, 0.15) is 17.4 Å². The molecule has 0 aliphatic carbocycles. The number of carbonyl (C=O) groups excluding carboxylic acids is 1. The van der Waals surface area contributed by atoms with E-state index < -0.39 is 0 Å². The Hall–Kier alpha value is -2.63. The van der Waals surface area contributed by atoms with E-state index in [9.17, 15) is 9.90 Å². The standard InChI is InChI=1S/C22H28N4O2/c1-15-7-8-17(12-20(15)27)22(28)26-11-5-6-18(14-26)19-13-21(24-16(2)23-19)25-9-3-4-10-25/h7-8,12-13,18,27H,3-6,9-11,14H2,1-2H3/t18-/m0/s1. The molecule has 6 heteroatoms. The van der Waals surface area contributed by atoms with Crippen molar-refractivity contribution in [3.05, 3.63) is 46.9 Å². The van der Waals surface area contributed by atoms with Gasteiger partial charge in [-0.2, -0.15) is 0 Å². The highest BCUT2D eigenvalue weighted by atomic mass is 16.3. The number of rotatable bonds is 3. The van der Waals surface area contributed by atoms with Gasteiger partial charge in [0, 0.05) is 43.7 Å². The van der Waals surface area contributed by atoms with Crippen molar-refractivity contribution in [2.45, 2.75) is 45.4 Å². The van der Waals surface area contributed by atoms with Crippen molar-refractivity contribution in [1.82, 2.24) is 14.9 Å². The SMILES string of the molecule is Cc1nc([C@H]2CCCN(C(=O)c3ccc(C)c(O)c3)C2)cc(N2CCCC2)n1. The Morgan fingerprint density at radius 1 is 1.07 bits per heavy atom. The molecule has 2 aliphatic rings. The quantitative estimate of drug-likeness (QED) is 0.884. The molecule has 0 spiro atoms. The third-order valence-electron chi connectivity index (χ3n) is 5.86. The van der Waals surface area contributed by atoms with Gasteiger partial charge in [0.15, 0.2) is 0 Å². The fraction of sp³-hybridized carbons (Fsp3) is 0.500. The van der Waals surface area contributed by atoms with Crippen LogP contribution >= 0.6 is 0 Å². The van der Waals surface area contributed by atoms with E-state index >= 15 is 0 Å². The zero-order valence-electron chi connectivity index (χ0n) is 16.7. The van der Waals surface area contributed by atoms with Crippen molar-refractivity contribution in [2.24, 2.45) is 0 Å². The number of hydrogen-bond donors (Lipinski definition) is 1. The second-order valence-corrected chi connectivity index (χ2v) is 7.98. The van der Waals surface area contributed by atoms with Gasteiger partial charge in [-0.25, -0.2) is 9.97 Å². The Bertz CT molecular complexity index is 877. The average molecular weight is 380 g/mol. The minimum atomic E-state index is -0.0226. The molecule has 2 aromatic rings. The molecule has 0 bridgehead atoms. The highest BCUT2D eigenvalue weighted by Crippen LogP contribution is 2.30. The lowest BCUT2D eigenvalue weighted by Gasteiger charge is -2.33. The van der Waals surface area contributed by atoms with Crippen LogP contribution in [0.1, 0.15) is 59.0 Å². The minimum Gasteiger partial charge on any atom is -0.508 e. The van der Waals surface area contributed by atoms with Crippen molar-refractivity contribution in [2.75, 3.05) is 31.1 Å². The number of aryl methyl sites for hydroxylation is 2. The number of phenols is 1. The van der Waals surface area contributed by atoms with Crippen molar-refractivity contribution >= 4 is 11.7 Å². The van der Waals surface area contributed by atoms with Crippen LogP contribution in [0.15, 0.2) is 24.3 Å². The van der Waals surface area contributed by atoms with Gasteiger partial charge in [-0.1, -0.05) is 6.07 Å². The molecule has 1 amide bonds. The molecule has 1 atom stereocenters. The zero-order chi connectivity index (χ0) is 19.7. The molecule has 28 heavy (non-hydrogen) atoms. The third kappa shape index (κ3) is 3.81. The summed E-state index contributed by atoms with van der Waals surface area (Å²) in [6.07, 6.45) is 4.41. The molecule has 1 aromatic heterocycles. The lowest BCUT2D eigenvalue weighted by Crippen LogP contribution is -2.39. The molecule has 6 nitrogen and oxygen atoms in total. The molecular weight excluding hydrogens is 352 g/mol. The number of aromatic nitrogens is 2. The maximum Gasteiger partial charge on any atom is 0.254 e. The molecule has 0 unspecified atom stereocenters. The lowest BCUT2D eigenvalue weighted by atomic mass is 9.93. The predicted molar refractivity (Wildman–Crippen MR) is 109 cm³/mol. The highest BCUT2D eigenvalue weighted by molar-refractivity contribution is 5.94. The summed E-state index contributed by atoms with van der Waals surface area (Å²) in [5.41, 5.74) is 2.36. The van der Waals surface area contributed by atoms with Gasteiger partial charge < -0.3 is 14.9 Å². The monoisotopic (exact) mass is 380 g/mol. The fourth-order valence-corrected chi connectivity index (χ4v) is 4.22. The number of nitrogens with zero attached hydrogens (tertiary/aromatic N) is 4. The number of carbonyl (C=O) groups is 1. The topological polar surface area (TPSA) is 69.6 Å². The van der Waals surface area contributed by atoms with Crippen molar-refractivity contribution < 1.29 is 9.90 Å². The molecule has 3 heterocycles. The summed E-state index contributed by atoms with van der Waals surface area (Å²) >= 11 is 0. The van der Waals surface area contributed by atoms with Gasteiger partial charge in [-0.05, 0) is 57.2 Å². The average Bonchev–Trinajstić information content (AvgIpc) is 3.24. The number of piperidine rings is 1. The van der Waals surface area contributed by atoms with Crippen molar-refractivity contribution in [1.29, 1.82) is 0 Å². The molecule has 4 rings (SSSR count). The summed E-state index contributed by atoms with van der Waals surface area (Å²) in [5.74, 6) is 2.18. The van der Waals surface area contributed by atoms with E-state index in [4.69, 9.17) is 4.98 Å². The van der Waals surface area contributed by atoms with E-state index in [2.05, 4.69) is 16.0 Å². The molecule has 148 valence electrons. The number of anilines is 1. The van der Waals surface area contributed by atoms with Gasteiger partial charge >= 0.3 is 0 Å². The number of likely N-dealkylation sites (tertiary alicyclic amines) is 1. The van der Waals surface area contributed by atoms with E-state index in [1.807, 2.05) is 18.7 Å². The molecular formula is C22H28N4O2. The lowest BCUT2D eigenvalue weighted by molar-refractivity contribution is 0.0705. The molecule has 0 saturated carbocycles. The number of phenolic OH excluding ortho intramolecular Hbond substituents is 1. The van der Waals surface area contributed by atoms with Gasteiger partial charge in [-0.15, -0.1) is 0 Å². The molecule has 1 aromatic carbocycles. The first-order valence-corrected chi connectivity index (χ1v) is 10.2. The Morgan fingerprint density at radius 3 is 2.61 bits per heavy atom. The molecule has 1 N–H and O–H groups in total. The number of hydrogen-bond acceptors (Lipinski definition) is 5. The number of aromatic hydroxyl groups is 1. The molecule has 0 radical (unpaired) electrons. The van der Waals surface area contributed by atoms with Crippen LogP contribution < -0.4 is 4.90 Å². The number of amides is 1. The largest absolute Gasteiger partial charge is 0.508 e. The van der Waals surface area contributed by atoms with Crippen LogP contribution in [0.4, 0.5) is 5.82 Å². The first-order chi connectivity index (χ1) is 13.5. The third-order valence-corrected chi connectivity index (χ3v) is 5.86. The van der Waals surface area contributed by atoms with Crippen LogP contribution in [-0.4, -0.2) is 52.1 Å². The van der Waals surface area contributed by atoms with E-state index in [-0.39, 0.29) is 17.6 Å². The van der Waals surface area contributed by atoms with Gasteiger partial charge in [0.2, 0.25) is 0 Å². The highest BCUT2D eigenvalue weighted by Gasteiger charge is 2.28. The second-order valence-electron chi connectivity index (χ2n) is 7.98. The Kier molecular flexibility index (Phi) is 5.20. The fourth-order valence-electron chi connectivity index (χ4n) is 4.22. The van der Waals surface area contributed by atoms with Gasteiger partial charge in [-0.3, -0.25) is 4.79 Å². The maximum atomic E-state index is 13.0. The minimum absolute atomic E-state index is 0.0226. The summed E-state index contributed by atoms with van der Waals surface area (Å²) in [5, 5.41) is 9.95. The zero-order valence-corrected chi connectivity index (χ0v) is 16.7. The molecule has 2 saturated heterocycles. The summed E-state index contributed by atoms with van der Waals surface area (Å²) in [7, 11) is 0. The number of benzene rings is 1. The first-order valence-electron chi connectivity index (χ1n) is 10.2. The maximum absolute atomic E-state index is 13.0. The van der Waals surface area contributed by atoms with E-state index in [0.29, 0.717) is 12.1 Å². The first kappa shape index (κ1) is 18.7. The normalized spacial score (nSPS) is 19.9. The van der Waals surface area contributed by atoms with Crippen LogP contribution in [0, 0.1) is 13.8 Å². The second kappa shape index (κ2) is 7.78. The summed E-state index contributed by atoms with van der Waals surface area (Å²) in [4.78, 5) is 26.5. The molecule has 2 fully saturated rings. The molecule has 2 aliphatic heterocycles. The smallest absolute Gasteiger partial charge is 0.254 e. The van der Waals surface area contributed by atoms with Gasteiger partial charge in [0.25, 0.3) is 5.91 Å². The van der Waals surface area contributed by atoms with Crippen molar-refractivity contribution in [3.63, 3.8) is 0 Å². The van der Waals surface area contributed by atoms with Crippen LogP contribution in [0.2, 0.25) is 0 Å². The summed E-state index contributed by atoms with van der Waals surface area (Å²) < 4.78 is 0. The van der Waals surface area contributed by atoms with Crippen LogP contribution in [0.3, 0.4) is 0 Å². The van der Waals surface area contributed by atoms with E-state index in [1.54, 1.807) is 18.2 Å². The van der Waals surface area contributed by atoms with Crippen LogP contribution in [-0.2, 0) is 0 Å². The van der Waals surface area contributed by atoms with Crippen LogP contribution in [0.25, 0.3) is 0 Å². The Labute approximate surface area is 166 Å². The predicted octanol–water partition coefficient (Wildman–Crippen LogP) is 3.42. The van der Waals surface area contributed by atoms with Crippen molar-refractivity contribution in [3.8, 4) is 5.75 Å².